The summed E-state index contributed by atoms with van der Waals surface area (Å²) in [6.45, 7) is 3.60. The van der Waals surface area contributed by atoms with Crippen molar-refractivity contribution < 1.29 is 39.8 Å². The summed E-state index contributed by atoms with van der Waals surface area (Å²) in [6.07, 6.45) is 38.4. The molecule has 0 spiro atoms. The van der Waals surface area contributed by atoms with E-state index in [1.54, 1.807) is 6.08 Å². The van der Waals surface area contributed by atoms with E-state index in [4.69, 9.17) is 9.47 Å². The van der Waals surface area contributed by atoms with Gasteiger partial charge in [0, 0.05) is 6.42 Å². The maximum absolute atomic E-state index is 12.9. The number of ether oxygens (including phenoxy) is 2. The van der Waals surface area contributed by atoms with Crippen molar-refractivity contribution in [3.8, 4) is 0 Å². The van der Waals surface area contributed by atoms with Crippen LogP contribution in [-0.2, 0) is 14.3 Å². The highest BCUT2D eigenvalue weighted by molar-refractivity contribution is 5.76. The van der Waals surface area contributed by atoms with Crippen molar-refractivity contribution in [1.29, 1.82) is 0 Å². The van der Waals surface area contributed by atoms with Gasteiger partial charge in [-0.05, 0) is 64.2 Å². The third-order valence-electron chi connectivity index (χ3n) is 9.83. The van der Waals surface area contributed by atoms with Crippen molar-refractivity contribution in [2.24, 2.45) is 0 Å². The monoisotopic (exact) mass is 762 g/mol. The van der Waals surface area contributed by atoms with E-state index in [2.05, 4.69) is 67.8 Å². The molecule has 0 aliphatic carbocycles. The number of hydrogen-bond acceptors (Lipinski definition) is 8. The first-order chi connectivity index (χ1) is 26.3. The van der Waals surface area contributed by atoms with Crippen LogP contribution in [0.5, 0.6) is 0 Å². The Kier molecular flexibility index (Phi) is 32.6. The minimum Gasteiger partial charge on any atom is -0.394 e. The predicted molar refractivity (Wildman–Crippen MR) is 221 cm³/mol. The van der Waals surface area contributed by atoms with E-state index in [1.807, 2.05) is 6.08 Å². The van der Waals surface area contributed by atoms with E-state index in [0.29, 0.717) is 12.8 Å². The zero-order valence-electron chi connectivity index (χ0n) is 34.0. The lowest BCUT2D eigenvalue weighted by Crippen LogP contribution is -2.60. The highest BCUT2D eigenvalue weighted by Crippen LogP contribution is 2.22. The van der Waals surface area contributed by atoms with Crippen molar-refractivity contribution in [3.05, 3.63) is 60.8 Å². The predicted octanol–water partition coefficient (Wildman–Crippen LogP) is 8.44. The number of unbranched alkanes of at least 4 members (excludes halogenated alkanes) is 16. The molecule has 1 aliphatic heterocycles. The third-order valence-corrected chi connectivity index (χ3v) is 9.83. The molecule has 9 heteroatoms. The van der Waals surface area contributed by atoms with E-state index in [1.165, 1.54) is 77.0 Å². The molecule has 0 aromatic heterocycles. The van der Waals surface area contributed by atoms with Gasteiger partial charge in [0.15, 0.2) is 6.29 Å². The molecule has 7 unspecified atom stereocenters. The van der Waals surface area contributed by atoms with E-state index >= 15 is 0 Å². The first kappa shape index (κ1) is 49.9. The molecule has 0 saturated carbocycles. The molecule has 0 aromatic rings. The molecule has 1 fully saturated rings. The molecule has 1 saturated heterocycles. The molecule has 1 aliphatic rings. The number of aliphatic hydroxyl groups is 5. The fraction of sp³-hybridized carbons (Fsp3) is 0.756. The SMILES string of the molecule is CC/C=C\C/C=C\C/C=C\CCCCCC(=O)NC(COC1OC(CO)C(O)C(O)C1O)C(O)/C=C/CC/C=C/CCCCCCCCCCCCCC. The summed E-state index contributed by atoms with van der Waals surface area (Å²) in [5.74, 6) is -0.219. The number of carbonyl (C=O) groups excluding carboxylic acids is 1. The Morgan fingerprint density at radius 3 is 1.78 bits per heavy atom. The number of carbonyl (C=O) groups is 1. The molecule has 1 amide bonds. The van der Waals surface area contributed by atoms with Crippen LogP contribution in [0, 0.1) is 0 Å². The Bertz CT molecular complexity index is 1030. The van der Waals surface area contributed by atoms with Crippen LogP contribution < -0.4 is 5.32 Å². The van der Waals surface area contributed by atoms with Gasteiger partial charge in [0.1, 0.15) is 24.4 Å². The van der Waals surface area contributed by atoms with Gasteiger partial charge in [0.2, 0.25) is 5.91 Å². The van der Waals surface area contributed by atoms with Crippen molar-refractivity contribution in [3.63, 3.8) is 0 Å². The second-order valence-electron chi connectivity index (χ2n) is 14.7. The Labute approximate surface area is 328 Å². The fourth-order valence-corrected chi connectivity index (χ4v) is 6.36. The smallest absolute Gasteiger partial charge is 0.220 e. The molecule has 9 nitrogen and oxygen atoms in total. The summed E-state index contributed by atoms with van der Waals surface area (Å²) < 4.78 is 11.2. The van der Waals surface area contributed by atoms with Gasteiger partial charge in [0.05, 0.1) is 25.4 Å². The number of amides is 1. The summed E-state index contributed by atoms with van der Waals surface area (Å²) in [7, 11) is 0. The third kappa shape index (κ3) is 25.9. The fourth-order valence-electron chi connectivity index (χ4n) is 6.36. The van der Waals surface area contributed by atoms with Crippen molar-refractivity contribution in [2.75, 3.05) is 13.2 Å². The lowest BCUT2D eigenvalue weighted by molar-refractivity contribution is -0.302. The Morgan fingerprint density at radius 2 is 1.17 bits per heavy atom. The number of nitrogens with one attached hydrogen (secondary N) is 1. The summed E-state index contributed by atoms with van der Waals surface area (Å²) in [6, 6.07) is -0.837. The zero-order chi connectivity index (χ0) is 39.5. The standard InChI is InChI=1S/C45H79NO8/c1-3-5-7-9-11-13-15-17-18-19-20-21-23-24-26-28-30-32-34-39(48)38(37-53-45-44(52)43(51)42(50)40(36-47)54-45)46-41(49)35-33-31-29-27-25-22-16-14-12-10-8-6-4-2/h6,8,12,14,22,24-26,32,34,38-40,42-45,47-48,50-52H,3-5,7,9-11,13,15-21,23,27-31,33,35-37H2,1-2H3,(H,46,49)/b8-6-,14-12-,25-22-,26-24+,34-32+. The largest absolute Gasteiger partial charge is 0.394 e. The van der Waals surface area contributed by atoms with E-state index in [9.17, 15) is 30.3 Å². The number of hydrogen-bond donors (Lipinski definition) is 6. The zero-order valence-corrected chi connectivity index (χ0v) is 34.0. The second kappa shape index (κ2) is 35.3. The molecule has 1 heterocycles. The highest BCUT2D eigenvalue weighted by atomic mass is 16.7. The van der Waals surface area contributed by atoms with Crippen LogP contribution in [0.25, 0.3) is 0 Å². The van der Waals surface area contributed by atoms with Crippen LogP contribution in [0.4, 0.5) is 0 Å². The van der Waals surface area contributed by atoms with Crippen LogP contribution in [0.1, 0.15) is 162 Å². The van der Waals surface area contributed by atoms with Gasteiger partial charge < -0.3 is 40.3 Å². The number of allylic oxidation sites excluding steroid dienone is 9. The molecule has 7 atom stereocenters. The Morgan fingerprint density at radius 1 is 0.648 bits per heavy atom. The van der Waals surface area contributed by atoms with Gasteiger partial charge in [-0.25, -0.2) is 0 Å². The average Bonchev–Trinajstić information content (AvgIpc) is 3.17. The van der Waals surface area contributed by atoms with Crippen molar-refractivity contribution >= 4 is 5.91 Å². The van der Waals surface area contributed by atoms with Gasteiger partial charge in [-0.1, -0.05) is 152 Å². The summed E-state index contributed by atoms with van der Waals surface area (Å²) in [5, 5.41) is 54.0. The van der Waals surface area contributed by atoms with Crippen molar-refractivity contribution in [2.45, 2.75) is 204 Å². The minimum absolute atomic E-state index is 0.215. The van der Waals surface area contributed by atoms with Gasteiger partial charge in [0.25, 0.3) is 0 Å². The van der Waals surface area contributed by atoms with Gasteiger partial charge in [-0.2, -0.15) is 0 Å². The van der Waals surface area contributed by atoms with E-state index in [0.717, 1.165) is 57.8 Å². The first-order valence-electron chi connectivity index (χ1n) is 21.5. The van der Waals surface area contributed by atoms with Crippen molar-refractivity contribution in [1.82, 2.24) is 5.32 Å². The second-order valence-corrected chi connectivity index (χ2v) is 14.7. The molecule has 6 N–H and O–H groups in total. The number of aliphatic hydroxyl groups excluding tert-OH is 5. The normalized spacial score (nSPS) is 22.1. The molecule has 0 radical (unpaired) electrons. The molecular weight excluding hydrogens is 682 g/mol. The van der Waals surface area contributed by atoms with Gasteiger partial charge in [-0.15, -0.1) is 0 Å². The van der Waals surface area contributed by atoms with Crippen LogP contribution in [0.2, 0.25) is 0 Å². The first-order valence-corrected chi connectivity index (χ1v) is 21.5. The maximum Gasteiger partial charge on any atom is 0.220 e. The average molecular weight is 762 g/mol. The van der Waals surface area contributed by atoms with Crippen LogP contribution in [0.15, 0.2) is 60.8 Å². The van der Waals surface area contributed by atoms with E-state index < -0.39 is 49.5 Å². The van der Waals surface area contributed by atoms with E-state index in [-0.39, 0.29) is 12.5 Å². The van der Waals surface area contributed by atoms with Crippen LogP contribution in [0.3, 0.4) is 0 Å². The van der Waals surface area contributed by atoms with Gasteiger partial charge >= 0.3 is 0 Å². The maximum atomic E-state index is 12.9. The minimum atomic E-state index is -1.58. The van der Waals surface area contributed by atoms with Crippen LogP contribution in [-0.4, -0.2) is 87.5 Å². The molecular formula is C45H79NO8. The molecule has 1 rings (SSSR count). The molecule has 54 heavy (non-hydrogen) atoms. The topological polar surface area (TPSA) is 149 Å². The number of rotatable bonds is 34. The molecule has 0 bridgehead atoms. The molecule has 0 aromatic carbocycles. The highest BCUT2D eigenvalue weighted by Gasteiger charge is 2.44. The Hall–Kier alpha value is -2.11. The Balaban J connectivity index is 2.44. The van der Waals surface area contributed by atoms with Gasteiger partial charge in [-0.3, -0.25) is 4.79 Å². The summed E-state index contributed by atoms with van der Waals surface area (Å²) in [4.78, 5) is 12.9. The molecule has 312 valence electrons. The summed E-state index contributed by atoms with van der Waals surface area (Å²) >= 11 is 0. The van der Waals surface area contributed by atoms with Crippen LogP contribution >= 0.6 is 0 Å². The quantitative estimate of drug-likeness (QED) is 0.0283. The summed E-state index contributed by atoms with van der Waals surface area (Å²) in [5.41, 5.74) is 0. The lowest BCUT2D eigenvalue weighted by atomic mass is 9.99. The lowest BCUT2D eigenvalue weighted by Gasteiger charge is -2.40.